The number of rotatable bonds is 3. The molecule has 2 saturated heterocycles. The third kappa shape index (κ3) is 3.47. The Morgan fingerprint density at radius 2 is 1.96 bits per heavy atom. The number of halogens is 2. The van der Waals surface area contributed by atoms with Gasteiger partial charge in [-0.3, -0.25) is 0 Å². The highest BCUT2D eigenvalue weighted by Crippen LogP contribution is 2.40. The number of methoxy groups -OCH3 is 1. The molecule has 1 aromatic rings. The first-order chi connectivity index (χ1) is 10.5. The van der Waals surface area contributed by atoms with Crippen molar-refractivity contribution in [2.24, 2.45) is 5.41 Å². The van der Waals surface area contributed by atoms with E-state index in [-0.39, 0.29) is 28.5 Å². The zero-order valence-corrected chi connectivity index (χ0v) is 14.7. The first kappa shape index (κ1) is 18.4. The lowest BCUT2D eigenvalue weighted by Crippen LogP contribution is -2.39. The van der Waals surface area contributed by atoms with Gasteiger partial charge in [0.25, 0.3) is 0 Å². The summed E-state index contributed by atoms with van der Waals surface area (Å²) in [5.41, 5.74) is 0.0866. The average Bonchev–Trinajstić information content (AvgIpc) is 2.92. The standard InChI is InChI=1S/C15H21FN2O3S.ClH/c1-21-14-3-2-12(10-13(14)16)22(19,20)18-9-6-15(11-18)4-7-17-8-5-15;/h2-3,10,17H,4-9,11H2,1H3;1H. The number of sulfonamides is 1. The SMILES string of the molecule is COc1ccc(S(=O)(=O)N2CCC3(CCNCC3)C2)cc1F.Cl. The highest BCUT2D eigenvalue weighted by atomic mass is 35.5. The Kier molecular flexibility index (Phi) is 5.56. The first-order valence-corrected chi connectivity index (χ1v) is 8.95. The van der Waals surface area contributed by atoms with Crippen LogP contribution in [0.1, 0.15) is 19.3 Å². The number of piperidine rings is 1. The van der Waals surface area contributed by atoms with Crippen molar-refractivity contribution < 1.29 is 17.5 Å². The molecule has 0 atom stereocenters. The predicted octanol–water partition coefficient (Wildman–Crippen LogP) is 2.02. The van der Waals surface area contributed by atoms with Gasteiger partial charge in [0, 0.05) is 13.1 Å². The van der Waals surface area contributed by atoms with Crippen LogP contribution in [0, 0.1) is 11.2 Å². The van der Waals surface area contributed by atoms with Gasteiger partial charge in [-0.15, -0.1) is 12.4 Å². The maximum atomic E-state index is 13.8. The second-order valence-corrected chi connectivity index (χ2v) is 8.07. The van der Waals surface area contributed by atoms with Crippen LogP contribution in [0.25, 0.3) is 0 Å². The van der Waals surface area contributed by atoms with Gasteiger partial charge in [-0.25, -0.2) is 12.8 Å². The number of ether oxygens (including phenoxy) is 1. The lowest BCUT2D eigenvalue weighted by Gasteiger charge is -2.33. The van der Waals surface area contributed by atoms with Crippen LogP contribution in [0.4, 0.5) is 4.39 Å². The summed E-state index contributed by atoms with van der Waals surface area (Å²) in [5, 5.41) is 3.31. The third-order valence-corrected chi connectivity index (χ3v) is 6.67. The van der Waals surface area contributed by atoms with E-state index in [0.29, 0.717) is 13.1 Å². The number of hydrogen-bond acceptors (Lipinski definition) is 4. The summed E-state index contributed by atoms with van der Waals surface area (Å²) >= 11 is 0. The molecule has 0 radical (unpaired) electrons. The van der Waals surface area contributed by atoms with Gasteiger partial charge in [0.15, 0.2) is 11.6 Å². The zero-order valence-electron chi connectivity index (χ0n) is 13.0. The van der Waals surface area contributed by atoms with E-state index in [2.05, 4.69) is 5.32 Å². The molecule has 130 valence electrons. The van der Waals surface area contributed by atoms with Gasteiger partial charge < -0.3 is 10.1 Å². The highest BCUT2D eigenvalue weighted by molar-refractivity contribution is 7.89. The summed E-state index contributed by atoms with van der Waals surface area (Å²) in [4.78, 5) is -0.00298. The Hall–Kier alpha value is -0.890. The summed E-state index contributed by atoms with van der Waals surface area (Å²) in [6.45, 7) is 2.91. The molecule has 2 heterocycles. The van der Waals surface area contributed by atoms with E-state index < -0.39 is 15.8 Å². The summed E-state index contributed by atoms with van der Waals surface area (Å²) in [6.07, 6.45) is 2.87. The third-order valence-electron chi connectivity index (χ3n) is 4.83. The number of nitrogens with one attached hydrogen (secondary N) is 1. The molecule has 0 aromatic heterocycles. The minimum Gasteiger partial charge on any atom is -0.494 e. The molecule has 1 N–H and O–H groups in total. The maximum Gasteiger partial charge on any atom is 0.243 e. The molecular weight excluding hydrogens is 343 g/mol. The van der Waals surface area contributed by atoms with Crippen LogP contribution in [0.5, 0.6) is 5.75 Å². The lowest BCUT2D eigenvalue weighted by atomic mass is 9.78. The van der Waals surface area contributed by atoms with E-state index in [0.717, 1.165) is 38.4 Å². The van der Waals surface area contributed by atoms with Crippen molar-refractivity contribution in [3.63, 3.8) is 0 Å². The van der Waals surface area contributed by atoms with Crippen molar-refractivity contribution in [1.29, 1.82) is 0 Å². The van der Waals surface area contributed by atoms with Crippen LogP contribution in [0.15, 0.2) is 23.1 Å². The molecule has 23 heavy (non-hydrogen) atoms. The molecular formula is C15H22ClFN2O3S. The largest absolute Gasteiger partial charge is 0.494 e. The van der Waals surface area contributed by atoms with Gasteiger partial charge in [0.2, 0.25) is 10.0 Å². The molecule has 8 heteroatoms. The first-order valence-electron chi connectivity index (χ1n) is 7.51. The fourth-order valence-corrected chi connectivity index (χ4v) is 4.99. The van der Waals surface area contributed by atoms with Gasteiger partial charge in [-0.05, 0) is 56.0 Å². The van der Waals surface area contributed by atoms with E-state index in [4.69, 9.17) is 4.74 Å². The number of nitrogens with zero attached hydrogens (tertiary/aromatic N) is 1. The van der Waals surface area contributed by atoms with Crippen molar-refractivity contribution in [2.75, 3.05) is 33.3 Å². The molecule has 0 aliphatic carbocycles. The molecule has 0 amide bonds. The van der Waals surface area contributed by atoms with Gasteiger partial charge in [-0.1, -0.05) is 0 Å². The van der Waals surface area contributed by atoms with Gasteiger partial charge in [0.1, 0.15) is 0 Å². The maximum absolute atomic E-state index is 13.8. The van der Waals surface area contributed by atoms with E-state index >= 15 is 0 Å². The number of hydrogen-bond donors (Lipinski definition) is 1. The number of benzene rings is 1. The van der Waals surface area contributed by atoms with E-state index in [9.17, 15) is 12.8 Å². The minimum atomic E-state index is -3.64. The average molecular weight is 365 g/mol. The van der Waals surface area contributed by atoms with Crippen LogP contribution in [0.3, 0.4) is 0 Å². The quantitative estimate of drug-likeness (QED) is 0.891. The molecule has 2 fully saturated rings. The molecule has 0 saturated carbocycles. The fourth-order valence-electron chi connectivity index (χ4n) is 3.42. The van der Waals surface area contributed by atoms with Crippen molar-refractivity contribution >= 4 is 22.4 Å². The van der Waals surface area contributed by atoms with Crippen LogP contribution in [-0.2, 0) is 10.0 Å². The predicted molar refractivity (Wildman–Crippen MR) is 88.1 cm³/mol. The zero-order chi connectivity index (χ0) is 15.8. The van der Waals surface area contributed by atoms with Crippen LogP contribution in [-0.4, -0.2) is 46.0 Å². The topological polar surface area (TPSA) is 58.6 Å². The highest BCUT2D eigenvalue weighted by Gasteiger charge is 2.43. The summed E-state index contributed by atoms with van der Waals surface area (Å²) in [7, 11) is -2.29. The van der Waals surface area contributed by atoms with Crippen molar-refractivity contribution in [1.82, 2.24) is 9.62 Å². The Bertz CT molecular complexity index is 663. The summed E-state index contributed by atoms with van der Waals surface area (Å²) in [5.74, 6) is -0.602. The second-order valence-electron chi connectivity index (χ2n) is 6.13. The van der Waals surface area contributed by atoms with Crippen molar-refractivity contribution in [3.8, 4) is 5.75 Å². The van der Waals surface area contributed by atoms with E-state index in [1.54, 1.807) is 0 Å². The van der Waals surface area contributed by atoms with Crippen molar-refractivity contribution in [2.45, 2.75) is 24.2 Å². The Morgan fingerprint density at radius 3 is 2.57 bits per heavy atom. The monoisotopic (exact) mass is 364 g/mol. The normalized spacial score (nSPS) is 21.1. The Labute approximate surface area is 142 Å². The minimum absolute atomic E-state index is 0. The molecule has 5 nitrogen and oxygen atoms in total. The molecule has 2 aliphatic heterocycles. The Balaban J connectivity index is 0.00000192. The van der Waals surface area contributed by atoms with Crippen LogP contribution < -0.4 is 10.1 Å². The lowest BCUT2D eigenvalue weighted by molar-refractivity contribution is 0.218. The molecule has 1 aromatic carbocycles. The van der Waals surface area contributed by atoms with E-state index in [1.807, 2.05) is 0 Å². The van der Waals surface area contributed by atoms with E-state index in [1.165, 1.54) is 23.5 Å². The smallest absolute Gasteiger partial charge is 0.243 e. The van der Waals surface area contributed by atoms with Gasteiger partial charge in [-0.2, -0.15) is 4.31 Å². The molecule has 3 rings (SSSR count). The summed E-state index contributed by atoms with van der Waals surface area (Å²) < 4.78 is 45.6. The molecule has 2 aliphatic rings. The molecule has 1 spiro atoms. The van der Waals surface area contributed by atoms with Gasteiger partial charge in [0.05, 0.1) is 12.0 Å². The second kappa shape index (κ2) is 6.93. The Morgan fingerprint density at radius 1 is 1.26 bits per heavy atom. The molecule has 0 bridgehead atoms. The summed E-state index contributed by atoms with van der Waals surface area (Å²) in [6, 6.07) is 3.81. The van der Waals surface area contributed by atoms with Crippen LogP contribution in [0.2, 0.25) is 0 Å². The van der Waals surface area contributed by atoms with Crippen LogP contribution >= 0.6 is 12.4 Å². The fraction of sp³-hybridized carbons (Fsp3) is 0.600. The molecule has 0 unspecified atom stereocenters. The van der Waals surface area contributed by atoms with Crippen molar-refractivity contribution in [3.05, 3.63) is 24.0 Å². The van der Waals surface area contributed by atoms with Gasteiger partial charge >= 0.3 is 0 Å².